The third-order valence-corrected chi connectivity index (χ3v) is 6.97. The van der Waals surface area contributed by atoms with Gasteiger partial charge in [-0.05, 0) is 57.1 Å². The number of benzene rings is 1. The van der Waals surface area contributed by atoms with Crippen molar-refractivity contribution in [3.8, 4) is 0 Å². The Labute approximate surface area is 148 Å². The summed E-state index contributed by atoms with van der Waals surface area (Å²) in [5.74, 6) is -2.18. The molecule has 1 unspecified atom stereocenters. The Hall–Kier alpha value is -1.09. The number of hydrogen-bond acceptors (Lipinski definition) is 4. The Morgan fingerprint density at radius 2 is 1.92 bits per heavy atom. The molecule has 2 aliphatic rings. The van der Waals surface area contributed by atoms with E-state index in [2.05, 4.69) is 10.2 Å². The monoisotopic (exact) mass is 373 g/mol. The van der Waals surface area contributed by atoms with Crippen molar-refractivity contribution >= 4 is 10.0 Å². The van der Waals surface area contributed by atoms with Crippen molar-refractivity contribution < 1.29 is 17.2 Å². The summed E-state index contributed by atoms with van der Waals surface area (Å²) in [6, 6.07) is 2.64. The predicted octanol–water partition coefficient (Wildman–Crippen LogP) is 1.80. The molecule has 1 aromatic rings. The molecule has 0 aliphatic carbocycles. The van der Waals surface area contributed by atoms with E-state index < -0.39 is 21.7 Å². The number of halogens is 2. The highest BCUT2D eigenvalue weighted by molar-refractivity contribution is 7.89. The van der Waals surface area contributed by atoms with E-state index in [1.165, 1.54) is 10.7 Å². The van der Waals surface area contributed by atoms with E-state index in [1.54, 1.807) is 0 Å². The molecule has 5 nitrogen and oxygen atoms in total. The van der Waals surface area contributed by atoms with Gasteiger partial charge in [0.05, 0.1) is 4.90 Å². The Balaban J connectivity index is 1.80. The lowest BCUT2D eigenvalue weighted by atomic mass is 10.1. The first-order chi connectivity index (χ1) is 12.0. The normalized spacial score (nSPS) is 22.6. The van der Waals surface area contributed by atoms with Gasteiger partial charge in [0, 0.05) is 25.7 Å². The molecule has 0 aromatic heterocycles. The molecule has 8 heteroatoms. The number of hydrogen-bond donors (Lipinski definition) is 1. The zero-order chi connectivity index (χ0) is 17.9. The van der Waals surface area contributed by atoms with Gasteiger partial charge in [0.25, 0.3) is 0 Å². The highest BCUT2D eigenvalue weighted by Gasteiger charge is 2.34. The standard InChI is InChI=1S/C17H25F2N3O2S/c18-16-5-4-15(12-17(16)19)25(23,24)22(14-6-7-20-13-14)11-10-21-8-2-1-3-9-21/h4-5,12,14,20H,1-3,6-11,13H2. The van der Waals surface area contributed by atoms with Crippen LogP contribution in [0.2, 0.25) is 0 Å². The van der Waals surface area contributed by atoms with Crippen LogP contribution in [0.1, 0.15) is 25.7 Å². The van der Waals surface area contributed by atoms with Gasteiger partial charge < -0.3 is 10.2 Å². The average Bonchev–Trinajstić information content (AvgIpc) is 3.12. The van der Waals surface area contributed by atoms with Crippen LogP contribution in [-0.4, -0.2) is 62.9 Å². The second-order valence-electron chi connectivity index (χ2n) is 6.74. The van der Waals surface area contributed by atoms with Crippen LogP contribution in [0.4, 0.5) is 8.78 Å². The lowest BCUT2D eigenvalue weighted by molar-refractivity contribution is 0.202. The number of rotatable bonds is 6. The summed E-state index contributed by atoms with van der Waals surface area (Å²) >= 11 is 0. The van der Waals surface area contributed by atoms with Crippen LogP contribution in [0.3, 0.4) is 0 Å². The molecular formula is C17H25F2N3O2S. The minimum absolute atomic E-state index is 0.150. The minimum Gasteiger partial charge on any atom is -0.315 e. The first-order valence-corrected chi connectivity index (χ1v) is 10.3. The van der Waals surface area contributed by atoms with Crippen molar-refractivity contribution in [3.63, 3.8) is 0 Å². The van der Waals surface area contributed by atoms with E-state index in [0.29, 0.717) is 19.6 Å². The first kappa shape index (κ1) is 18.7. The summed E-state index contributed by atoms with van der Waals surface area (Å²) in [6.07, 6.45) is 4.23. The van der Waals surface area contributed by atoms with Crippen LogP contribution in [0.15, 0.2) is 23.1 Å². The second-order valence-corrected chi connectivity index (χ2v) is 8.63. The maximum atomic E-state index is 13.5. The topological polar surface area (TPSA) is 52.7 Å². The van der Waals surface area contributed by atoms with Crippen molar-refractivity contribution in [1.29, 1.82) is 0 Å². The Bertz CT molecular complexity index is 687. The SMILES string of the molecule is O=S(=O)(c1ccc(F)c(F)c1)N(CCN1CCCCC1)C1CCNC1. The van der Waals surface area contributed by atoms with Gasteiger partial charge in [-0.15, -0.1) is 0 Å². The fraction of sp³-hybridized carbons (Fsp3) is 0.647. The molecule has 140 valence electrons. The number of sulfonamides is 1. The third kappa shape index (κ3) is 4.36. The second kappa shape index (κ2) is 8.07. The maximum absolute atomic E-state index is 13.5. The van der Waals surface area contributed by atoms with Crippen LogP contribution in [0.25, 0.3) is 0 Å². The van der Waals surface area contributed by atoms with Crippen LogP contribution in [0.5, 0.6) is 0 Å². The van der Waals surface area contributed by atoms with Crippen LogP contribution in [0, 0.1) is 11.6 Å². The van der Waals surface area contributed by atoms with Crippen molar-refractivity contribution in [1.82, 2.24) is 14.5 Å². The largest absolute Gasteiger partial charge is 0.315 e. The van der Waals surface area contributed by atoms with Gasteiger partial charge in [-0.3, -0.25) is 0 Å². The molecule has 2 fully saturated rings. The molecule has 3 rings (SSSR count). The molecule has 0 spiro atoms. The van der Waals surface area contributed by atoms with Gasteiger partial charge in [0.2, 0.25) is 10.0 Å². The first-order valence-electron chi connectivity index (χ1n) is 8.88. The van der Waals surface area contributed by atoms with Crippen molar-refractivity contribution in [2.75, 3.05) is 39.3 Å². The summed E-state index contributed by atoms with van der Waals surface area (Å²) in [4.78, 5) is 2.09. The Kier molecular flexibility index (Phi) is 6.04. The van der Waals surface area contributed by atoms with Crippen LogP contribution < -0.4 is 5.32 Å². The van der Waals surface area contributed by atoms with Gasteiger partial charge >= 0.3 is 0 Å². The predicted molar refractivity (Wildman–Crippen MR) is 91.8 cm³/mol. The Morgan fingerprint density at radius 1 is 1.16 bits per heavy atom. The van der Waals surface area contributed by atoms with E-state index in [4.69, 9.17) is 0 Å². The van der Waals surface area contributed by atoms with Crippen LogP contribution >= 0.6 is 0 Å². The lowest BCUT2D eigenvalue weighted by Gasteiger charge is -2.32. The molecule has 2 saturated heterocycles. The molecule has 1 aromatic carbocycles. The molecule has 1 N–H and O–H groups in total. The molecule has 2 heterocycles. The quantitative estimate of drug-likeness (QED) is 0.826. The zero-order valence-corrected chi connectivity index (χ0v) is 15.1. The number of piperidine rings is 1. The van der Waals surface area contributed by atoms with E-state index >= 15 is 0 Å². The summed E-state index contributed by atoms with van der Waals surface area (Å²) in [5.41, 5.74) is 0. The molecule has 0 radical (unpaired) electrons. The van der Waals surface area contributed by atoms with E-state index in [-0.39, 0.29) is 10.9 Å². The summed E-state index contributed by atoms with van der Waals surface area (Å²) < 4.78 is 54.3. The highest BCUT2D eigenvalue weighted by Crippen LogP contribution is 2.23. The molecule has 0 bridgehead atoms. The van der Waals surface area contributed by atoms with E-state index in [1.807, 2.05) is 0 Å². The summed E-state index contributed by atoms with van der Waals surface area (Å²) in [5, 5.41) is 3.18. The third-order valence-electron chi connectivity index (χ3n) is 5.02. The molecule has 0 saturated carbocycles. The van der Waals surface area contributed by atoms with Gasteiger partial charge in [-0.1, -0.05) is 6.42 Å². The molecular weight excluding hydrogens is 348 g/mol. The Morgan fingerprint density at radius 3 is 2.56 bits per heavy atom. The molecule has 1 atom stereocenters. The number of nitrogens with zero attached hydrogens (tertiary/aromatic N) is 2. The van der Waals surface area contributed by atoms with Crippen molar-refractivity contribution in [3.05, 3.63) is 29.8 Å². The zero-order valence-electron chi connectivity index (χ0n) is 14.3. The lowest BCUT2D eigenvalue weighted by Crippen LogP contribution is -2.46. The average molecular weight is 373 g/mol. The summed E-state index contributed by atoms with van der Waals surface area (Å²) in [7, 11) is -3.86. The van der Waals surface area contributed by atoms with E-state index in [9.17, 15) is 17.2 Å². The molecule has 2 aliphatic heterocycles. The summed E-state index contributed by atoms with van der Waals surface area (Å²) in [6.45, 7) is 4.36. The smallest absolute Gasteiger partial charge is 0.243 e. The maximum Gasteiger partial charge on any atom is 0.243 e. The number of nitrogens with one attached hydrogen (secondary N) is 1. The molecule has 0 amide bonds. The highest BCUT2D eigenvalue weighted by atomic mass is 32.2. The fourth-order valence-corrected chi connectivity index (χ4v) is 5.24. The van der Waals surface area contributed by atoms with Crippen molar-refractivity contribution in [2.45, 2.75) is 36.6 Å². The van der Waals surface area contributed by atoms with Crippen molar-refractivity contribution in [2.24, 2.45) is 0 Å². The van der Waals surface area contributed by atoms with Gasteiger partial charge in [0.1, 0.15) is 0 Å². The number of likely N-dealkylation sites (tertiary alicyclic amines) is 1. The van der Waals surface area contributed by atoms with Gasteiger partial charge in [-0.2, -0.15) is 4.31 Å². The van der Waals surface area contributed by atoms with Crippen LogP contribution in [-0.2, 0) is 10.0 Å². The van der Waals surface area contributed by atoms with E-state index in [0.717, 1.165) is 57.1 Å². The fourth-order valence-electron chi connectivity index (χ4n) is 3.58. The van der Waals surface area contributed by atoms with Gasteiger partial charge in [0.15, 0.2) is 11.6 Å². The minimum atomic E-state index is -3.86. The van der Waals surface area contributed by atoms with Gasteiger partial charge in [-0.25, -0.2) is 17.2 Å². The molecule has 25 heavy (non-hydrogen) atoms.